The van der Waals surface area contributed by atoms with Crippen molar-refractivity contribution in [3.63, 3.8) is 0 Å². The quantitative estimate of drug-likeness (QED) is 0.746. The Bertz CT molecular complexity index is 714. The summed E-state index contributed by atoms with van der Waals surface area (Å²) in [5.74, 6) is 0.0341. The molecule has 0 aliphatic carbocycles. The van der Waals surface area contributed by atoms with Crippen LogP contribution < -0.4 is 0 Å². The number of aliphatic hydroxyl groups is 2. The van der Waals surface area contributed by atoms with Crippen molar-refractivity contribution in [3.05, 3.63) is 48.0 Å². The van der Waals surface area contributed by atoms with Crippen molar-refractivity contribution in [1.82, 2.24) is 0 Å². The van der Waals surface area contributed by atoms with Crippen molar-refractivity contribution < 1.29 is 14.6 Å². The van der Waals surface area contributed by atoms with Gasteiger partial charge < -0.3 is 14.6 Å². The molecule has 104 valence electrons. The highest BCUT2D eigenvalue weighted by Crippen LogP contribution is 2.35. The SMILES string of the molecule is OCCC[C@@H](CO)c1cccc2oc3ccccc3c12. The van der Waals surface area contributed by atoms with E-state index in [1.807, 2.05) is 42.5 Å². The van der Waals surface area contributed by atoms with E-state index < -0.39 is 0 Å². The molecule has 20 heavy (non-hydrogen) atoms. The van der Waals surface area contributed by atoms with Crippen LogP contribution in [0.5, 0.6) is 0 Å². The van der Waals surface area contributed by atoms with Crippen LogP contribution in [0.2, 0.25) is 0 Å². The molecule has 0 radical (unpaired) electrons. The molecule has 0 aliphatic heterocycles. The maximum absolute atomic E-state index is 9.66. The van der Waals surface area contributed by atoms with Gasteiger partial charge in [-0.05, 0) is 30.5 Å². The molecular formula is C17H18O3. The van der Waals surface area contributed by atoms with E-state index in [-0.39, 0.29) is 19.1 Å². The normalized spacial score (nSPS) is 13.1. The van der Waals surface area contributed by atoms with Crippen molar-refractivity contribution in [2.75, 3.05) is 13.2 Å². The first-order chi connectivity index (χ1) is 9.85. The Kier molecular flexibility index (Phi) is 3.72. The van der Waals surface area contributed by atoms with Crippen molar-refractivity contribution in [1.29, 1.82) is 0 Å². The molecule has 1 atom stereocenters. The summed E-state index contributed by atoms with van der Waals surface area (Å²) in [6, 6.07) is 13.9. The second-order valence-corrected chi connectivity index (χ2v) is 5.06. The van der Waals surface area contributed by atoms with Gasteiger partial charge in [-0.25, -0.2) is 0 Å². The predicted octanol–water partition coefficient (Wildman–Crippen LogP) is 3.43. The molecule has 0 saturated carbocycles. The van der Waals surface area contributed by atoms with Gasteiger partial charge in [-0.3, -0.25) is 0 Å². The van der Waals surface area contributed by atoms with Gasteiger partial charge in [-0.15, -0.1) is 0 Å². The van der Waals surface area contributed by atoms with Crippen LogP contribution in [0.25, 0.3) is 21.9 Å². The summed E-state index contributed by atoms with van der Waals surface area (Å²) in [5, 5.41) is 20.8. The van der Waals surface area contributed by atoms with Crippen molar-refractivity contribution in [2.45, 2.75) is 18.8 Å². The number of hydrogen-bond donors (Lipinski definition) is 2. The van der Waals surface area contributed by atoms with Gasteiger partial charge in [0.15, 0.2) is 0 Å². The molecule has 0 unspecified atom stereocenters. The molecule has 0 spiro atoms. The molecule has 2 N–H and O–H groups in total. The van der Waals surface area contributed by atoms with E-state index in [0.29, 0.717) is 6.42 Å². The van der Waals surface area contributed by atoms with Crippen LogP contribution in [0.4, 0.5) is 0 Å². The first-order valence-corrected chi connectivity index (χ1v) is 6.97. The lowest BCUT2D eigenvalue weighted by atomic mass is 9.91. The number of rotatable bonds is 5. The lowest BCUT2D eigenvalue weighted by Crippen LogP contribution is -2.05. The highest BCUT2D eigenvalue weighted by molar-refractivity contribution is 6.06. The first kappa shape index (κ1) is 13.2. The highest BCUT2D eigenvalue weighted by atomic mass is 16.3. The highest BCUT2D eigenvalue weighted by Gasteiger charge is 2.17. The van der Waals surface area contributed by atoms with Gasteiger partial charge in [0, 0.05) is 29.9 Å². The molecule has 0 fully saturated rings. The van der Waals surface area contributed by atoms with Crippen LogP contribution in [-0.4, -0.2) is 23.4 Å². The zero-order valence-electron chi connectivity index (χ0n) is 11.2. The number of hydrogen-bond acceptors (Lipinski definition) is 3. The van der Waals surface area contributed by atoms with Gasteiger partial charge in [0.2, 0.25) is 0 Å². The van der Waals surface area contributed by atoms with Gasteiger partial charge >= 0.3 is 0 Å². The molecular weight excluding hydrogens is 252 g/mol. The predicted molar refractivity (Wildman–Crippen MR) is 79.9 cm³/mol. The van der Waals surface area contributed by atoms with Crippen molar-refractivity contribution in [2.24, 2.45) is 0 Å². The number of furan rings is 1. The Labute approximate surface area is 117 Å². The second-order valence-electron chi connectivity index (χ2n) is 5.06. The molecule has 0 aliphatic rings. The first-order valence-electron chi connectivity index (χ1n) is 6.97. The Morgan fingerprint density at radius 3 is 2.55 bits per heavy atom. The number of benzene rings is 2. The van der Waals surface area contributed by atoms with Crippen molar-refractivity contribution in [3.8, 4) is 0 Å². The third-order valence-electron chi connectivity index (χ3n) is 3.81. The van der Waals surface area contributed by atoms with Crippen molar-refractivity contribution >= 4 is 21.9 Å². The van der Waals surface area contributed by atoms with Gasteiger partial charge in [-0.2, -0.15) is 0 Å². The summed E-state index contributed by atoms with van der Waals surface area (Å²) in [5.41, 5.74) is 2.82. The molecule has 3 nitrogen and oxygen atoms in total. The minimum absolute atomic E-state index is 0.0341. The lowest BCUT2D eigenvalue weighted by Gasteiger charge is -2.15. The van der Waals surface area contributed by atoms with Gasteiger partial charge in [0.25, 0.3) is 0 Å². The summed E-state index contributed by atoms with van der Waals surface area (Å²) in [6.45, 7) is 0.233. The standard InChI is InChI=1S/C17H18O3/c18-10-4-5-12(11-19)13-7-3-9-16-17(13)14-6-1-2-8-15(14)20-16/h1-3,6-9,12,18-19H,4-5,10-11H2/t12-/m0/s1. The maximum Gasteiger partial charge on any atom is 0.135 e. The van der Waals surface area contributed by atoms with Gasteiger partial charge in [0.05, 0.1) is 0 Å². The topological polar surface area (TPSA) is 53.6 Å². The van der Waals surface area contributed by atoms with Crippen LogP contribution >= 0.6 is 0 Å². The average molecular weight is 270 g/mol. The molecule has 2 aromatic carbocycles. The Hall–Kier alpha value is -1.84. The zero-order chi connectivity index (χ0) is 13.9. The third kappa shape index (κ3) is 2.19. The fraction of sp³-hybridized carbons (Fsp3) is 0.294. The minimum atomic E-state index is 0.0341. The van der Waals surface area contributed by atoms with Crippen LogP contribution in [-0.2, 0) is 0 Å². The Balaban J connectivity index is 2.18. The average Bonchev–Trinajstić information content (AvgIpc) is 2.87. The summed E-state index contributed by atoms with van der Waals surface area (Å²) in [4.78, 5) is 0. The van der Waals surface area contributed by atoms with E-state index in [2.05, 4.69) is 0 Å². The fourth-order valence-corrected chi connectivity index (χ4v) is 2.83. The van der Waals surface area contributed by atoms with E-state index in [1.165, 1.54) is 0 Å². The van der Waals surface area contributed by atoms with Crippen LogP contribution in [0.15, 0.2) is 46.9 Å². The van der Waals surface area contributed by atoms with Gasteiger partial charge in [0.1, 0.15) is 11.2 Å². The summed E-state index contributed by atoms with van der Waals surface area (Å²) in [7, 11) is 0. The number of para-hydroxylation sites is 1. The summed E-state index contributed by atoms with van der Waals surface area (Å²) >= 11 is 0. The van der Waals surface area contributed by atoms with Crippen LogP contribution in [0.1, 0.15) is 24.3 Å². The van der Waals surface area contributed by atoms with Crippen LogP contribution in [0.3, 0.4) is 0 Å². The largest absolute Gasteiger partial charge is 0.456 e. The second kappa shape index (κ2) is 5.65. The summed E-state index contributed by atoms with van der Waals surface area (Å²) < 4.78 is 5.86. The van der Waals surface area contributed by atoms with E-state index in [9.17, 15) is 5.11 Å². The van der Waals surface area contributed by atoms with Gasteiger partial charge in [-0.1, -0.05) is 30.3 Å². The Morgan fingerprint density at radius 2 is 1.75 bits per heavy atom. The number of fused-ring (bicyclic) bond motifs is 3. The summed E-state index contributed by atoms with van der Waals surface area (Å²) in [6.07, 6.45) is 1.46. The van der Waals surface area contributed by atoms with Crippen LogP contribution in [0, 0.1) is 0 Å². The number of aliphatic hydroxyl groups excluding tert-OH is 2. The maximum atomic E-state index is 9.66. The molecule has 1 aromatic heterocycles. The molecule has 3 rings (SSSR count). The minimum Gasteiger partial charge on any atom is -0.456 e. The molecule has 0 amide bonds. The fourth-order valence-electron chi connectivity index (χ4n) is 2.83. The third-order valence-corrected chi connectivity index (χ3v) is 3.81. The Morgan fingerprint density at radius 1 is 0.950 bits per heavy atom. The van der Waals surface area contributed by atoms with E-state index in [4.69, 9.17) is 9.52 Å². The monoisotopic (exact) mass is 270 g/mol. The van der Waals surface area contributed by atoms with E-state index in [1.54, 1.807) is 0 Å². The molecule has 0 bridgehead atoms. The van der Waals surface area contributed by atoms with E-state index >= 15 is 0 Å². The zero-order valence-corrected chi connectivity index (χ0v) is 11.2. The lowest BCUT2D eigenvalue weighted by molar-refractivity contribution is 0.237. The molecule has 1 heterocycles. The molecule has 0 saturated heterocycles. The molecule has 3 aromatic rings. The van der Waals surface area contributed by atoms with E-state index in [0.717, 1.165) is 33.9 Å². The molecule has 3 heteroatoms. The smallest absolute Gasteiger partial charge is 0.135 e.